The maximum Gasteiger partial charge on any atom is 0.407 e. The summed E-state index contributed by atoms with van der Waals surface area (Å²) in [5.41, 5.74) is 3.67. The van der Waals surface area contributed by atoms with Crippen molar-refractivity contribution < 1.29 is 19.1 Å². The summed E-state index contributed by atoms with van der Waals surface area (Å²) in [4.78, 5) is 53.0. The molecule has 2 aromatic carbocycles. The highest BCUT2D eigenvalue weighted by atomic mass is 32.1. The molecule has 0 aliphatic carbocycles. The van der Waals surface area contributed by atoms with Gasteiger partial charge in [0, 0.05) is 30.4 Å². The summed E-state index contributed by atoms with van der Waals surface area (Å²) in [5, 5.41) is 12.2. The van der Waals surface area contributed by atoms with Gasteiger partial charge in [-0.1, -0.05) is 88.4 Å². The van der Waals surface area contributed by atoms with Gasteiger partial charge in [-0.25, -0.2) is 19.6 Å². The predicted octanol–water partition coefficient (Wildman–Crippen LogP) is 6.20. The van der Waals surface area contributed by atoms with Gasteiger partial charge in [-0.05, 0) is 42.7 Å². The van der Waals surface area contributed by atoms with Crippen LogP contribution in [-0.2, 0) is 35.5 Å². The first-order valence-corrected chi connectivity index (χ1v) is 17.7. The van der Waals surface area contributed by atoms with Crippen molar-refractivity contribution in [2.45, 2.75) is 90.6 Å². The van der Waals surface area contributed by atoms with Crippen LogP contribution in [0, 0.1) is 5.92 Å². The number of carbonyl (C=O) groups is 3. The average Bonchev–Trinajstić information content (AvgIpc) is 3.78. The fourth-order valence-electron chi connectivity index (χ4n) is 5.41. The van der Waals surface area contributed by atoms with Crippen LogP contribution in [0.15, 0.2) is 78.6 Å². The van der Waals surface area contributed by atoms with Gasteiger partial charge >= 0.3 is 12.1 Å². The summed E-state index contributed by atoms with van der Waals surface area (Å²) in [6.07, 6.45) is 4.98. The molecule has 4 rings (SSSR count). The lowest BCUT2D eigenvalue weighted by molar-refractivity contribution is -0.124. The summed E-state index contributed by atoms with van der Waals surface area (Å²) >= 11 is 1.59. The number of nitrogens with one attached hydrogen (secondary N) is 4. The second-order valence-electron chi connectivity index (χ2n) is 13.0. The van der Waals surface area contributed by atoms with Crippen LogP contribution in [0.2, 0.25) is 0 Å². The van der Waals surface area contributed by atoms with Crippen molar-refractivity contribution in [3.8, 4) is 0 Å². The SMILES string of the molecule is CC(C)c1nc(CN(C)C(=O)NC(C(=O)NC(CCC(Cc2ccccc2)NC(=O)OCc2cnc[nH]2)Cc2ccccc2)C(C)C)cs1. The van der Waals surface area contributed by atoms with Crippen LogP contribution < -0.4 is 16.0 Å². The number of imidazole rings is 1. The Morgan fingerprint density at radius 3 is 2.02 bits per heavy atom. The van der Waals surface area contributed by atoms with Crippen molar-refractivity contribution in [3.05, 3.63) is 106 Å². The van der Waals surface area contributed by atoms with Gasteiger partial charge in [0.25, 0.3) is 0 Å². The summed E-state index contributed by atoms with van der Waals surface area (Å²) in [6.45, 7) is 8.44. The molecule has 12 heteroatoms. The minimum Gasteiger partial charge on any atom is -0.443 e. The topological polar surface area (TPSA) is 141 Å². The first-order chi connectivity index (χ1) is 23.6. The molecule has 4 amide bonds. The smallest absolute Gasteiger partial charge is 0.407 e. The molecule has 2 aromatic heterocycles. The monoisotopic (exact) mass is 687 g/mol. The Bertz CT molecular complexity index is 1580. The van der Waals surface area contributed by atoms with E-state index in [0.717, 1.165) is 21.8 Å². The van der Waals surface area contributed by atoms with Crippen LogP contribution in [0.1, 0.15) is 74.0 Å². The van der Waals surface area contributed by atoms with Crippen molar-refractivity contribution in [3.63, 3.8) is 0 Å². The van der Waals surface area contributed by atoms with Gasteiger partial charge in [0.2, 0.25) is 5.91 Å². The van der Waals surface area contributed by atoms with Crippen LogP contribution in [0.5, 0.6) is 0 Å². The number of urea groups is 1. The number of ether oxygens (including phenoxy) is 1. The zero-order valence-electron chi connectivity index (χ0n) is 29.0. The largest absolute Gasteiger partial charge is 0.443 e. The fraction of sp³-hybridized carbons (Fsp3) is 0.432. The molecule has 3 unspecified atom stereocenters. The molecule has 0 saturated carbocycles. The molecular weight excluding hydrogens is 639 g/mol. The number of H-pyrrole nitrogens is 1. The molecule has 4 N–H and O–H groups in total. The Morgan fingerprint density at radius 2 is 1.49 bits per heavy atom. The van der Waals surface area contributed by atoms with Crippen LogP contribution in [0.3, 0.4) is 0 Å². The Morgan fingerprint density at radius 1 is 0.878 bits per heavy atom. The number of aromatic amines is 1. The third-order valence-corrected chi connectivity index (χ3v) is 9.33. The van der Waals surface area contributed by atoms with Crippen molar-refractivity contribution in [1.29, 1.82) is 0 Å². The highest BCUT2D eigenvalue weighted by Crippen LogP contribution is 2.20. The average molecular weight is 688 g/mol. The highest BCUT2D eigenvalue weighted by molar-refractivity contribution is 7.09. The molecule has 11 nitrogen and oxygen atoms in total. The fourth-order valence-corrected chi connectivity index (χ4v) is 6.24. The minimum atomic E-state index is -0.745. The van der Waals surface area contributed by atoms with E-state index in [-0.39, 0.29) is 36.5 Å². The van der Waals surface area contributed by atoms with Gasteiger partial charge in [-0.3, -0.25) is 4.79 Å². The predicted molar refractivity (Wildman–Crippen MR) is 192 cm³/mol. The van der Waals surface area contributed by atoms with E-state index in [4.69, 9.17) is 4.74 Å². The molecule has 0 bridgehead atoms. The van der Waals surface area contributed by atoms with Crippen molar-refractivity contribution in [2.75, 3.05) is 7.05 Å². The number of carbonyl (C=O) groups excluding carboxylic acids is 3. The molecule has 0 spiro atoms. The van der Waals surface area contributed by atoms with Crippen LogP contribution in [-0.4, -0.2) is 63.1 Å². The molecule has 0 aliphatic heterocycles. The summed E-state index contributed by atoms with van der Waals surface area (Å²) in [6, 6.07) is 18.3. The van der Waals surface area contributed by atoms with Crippen molar-refractivity contribution >= 4 is 29.4 Å². The van der Waals surface area contributed by atoms with E-state index in [1.807, 2.05) is 79.9 Å². The van der Waals surface area contributed by atoms with Crippen LogP contribution in [0.25, 0.3) is 0 Å². The molecule has 3 atom stereocenters. The number of thiazole rings is 1. The molecule has 2 heterocycles. The Kier molecular flexibility index (Phi) is 14.2. The van der Waals surface area contributed by atoms with Gasteiger partial charge in [0.15, 0.2) is 0 Å². The van der Waals surface area contributed by atoms with Gasteiger partial charge < -0.3 is 30.6 Å². The summed E-state index contributed by atoms with van der Waals surface area (Å²) in [5.74, 6) is -0.0832. The lowest BCUT2D eigenvalue weighted by Crippen LogP contribution is -2.54. The summed E-state index contributed by atoms with van der Waals surface area (Å²) < 4.78 is 5.45. The maximum atomic E-state index is 13.8. The zero-order chi connectivity index (χ0) is 35.2. The lowest BCUT2D eigenvalue weighted by Gasteiger charge is -2.28. The van der Waals surface area contributed by atoms with E-state index >= 15 is 0 Å². The van der Waals surface area contributed by atoms with E-state index in [1.165, 1.54) is 6.33 Å². The van der Waals surface area contributed by atoms with Crippen molar-refractivity contribution in [1.82, 2.24) is 35.8 Å². The second-order valence-corrected chi connectivity index (χ2v) is 13.9. The number of hydrogen-bond donors (Lipinski definition) is 4. The standard InChI is InChI=1S/C37H49N7O4S/c1-25(2)33(43-36(46)44(5)21-32-23-49-35(41-32)26(3)4)34(45)40-29(18-27-12-8-6-9-13-27)16-17-30(19-28-14-10-7-11-15-28)42-37(47)48-22-31-20-38-24-39-31/h6-15,20,23-26,29-30,33H,16-19,21-22H2,1-5H3,(H,38,39)(H,40,45)(H,42,47)(H,43,46). The number of alkyl carbamates (subject to hydrolysis) is 1. The number of benzene rings is 2. The van der Waals surface area contributed by atoms with Crippen LogP contribution in [0.4, 0.5) is 9.59 Å². The van der Waals surface area contributed by atoms with Gasteiger partial charge in [0.05, 0.1) is 35.5 Å². The third-order valence-electron chi connectivity index (χ3n) is 8.13. The number of amides is 4. The lowest BCUT2D eigenvalue weighted by atomic mass is 9.95. The molecule has 0 radical (unpaired) electrons. The Hall–Kier alpha value is -4.71. The van der Waals surface area contributed by atoms with E-state index < -0.39 is 12.1 Å². The highest BCUT2D eigenvalue weighted by Gasteiger charge is 2.28. The van der Waals surface area contributed by atoms with Gasteiger partial charge in [-0.2, -0.15) is 0 Å². The van der Waals surface area contributed by atoms with E-state index in [0.29, 0.717) is 43.8 Å². The quantitative estimate of drug-likeness (QED) is 0.104. The van der Waals surface area contributed by atoms with Crippen molar-refractivity contribution in [2.24, 2.45) is 5.92 Å². The molecule has 0 aliphatic rings. The number of hydrogen-bond acceptors (Lipinski definition) is 7. The molecule has 0 fully saturated rings. The molecule has 262 valence electrons. The van der Waals surface area contributed by atoms with E-state index in [2.05, 4.69) is 44.7 Å². The number of rotatable bonds is 17. The molecule has 49 heavy (non-hydrogen) atoms. The molecule has 4 aromatic rings. The van der Waals surface area contributed by atoms with Gasteiger partial charge in [-0.15, -0.1) is 11.3 Å². The van der Waals surface area contributed by atoms with E-state index in [1.54, 1.807) is 29.5 Å². The number of aromatic nitrogens is 3. The second kappa shape index (κ2) is 18.7. The Balaban J connectivity index is 1.43. The first-order valence-electron chi connectivity index (χ1n) is 16.8. The first kappa shape index (κ1) is 37.1. The van der Waals surface area contributed by atoms with Gasteiger partial charge in [0.1, 0.15) is 12.6 Å². The Labute approximate surface area is 293 Å². The maximum absolute atomic E-state index is 13.8. The van der Waals surface area contributed by atoms with E-state index in [9.17, 15) is 14.4 Å². The number of nitrogens with zero attached hydrogens (tertiary/aromatic N) is 3. The minimum absolute atomic E-state index is 0.0802. The molecule has 0 saturated heterocycles. The molecular formula is C37H49N7O4S. The normalized spacial score (nSPS) is 13.0. The van der Waals surface area contributed by atoms with Crippen LogP contribution >= 0.6 is 11.3 Å². The zero-order valence-corrected chi connectivity index (χ0v) is 29.8. The summed E-state index contributed by atoms with van der Waals surface area (Å²) in [7, 11) is 1.71. The third kappa shape index (κ3) is 12.4.